The average Bonchev–Trinajstić information content (AvgIpc) is 2.93. The predicted molar refractivity (Wildman–Crippen MR) is 63.3 cm³/mol. The first-order valence-corrected chi connectivity index (χ1v) is 6.09. The molecule has 0 radical (unpaired) electrons. The normalized spacial score (nSPS) is 37.6. The number of H-pyrrole nitrogens is 1. The van der Waals surface area contributed by atoms with Gasteiger partial charge in [0.1, 0.15) is 0 Å². The minimum absolute atomic E-state index is 0.0440. The summed E-state index contributed by atoms with van der Waals surface area (Å²) < 4.78 is 1.41. The number of aromatic nitrogens is 2. The van der Waals surface area contributed by atoms with Gasteiger partial charge in [0.2, 0.25) is 0 Å². The van der Waals surface area contributed by atoms with Crippen LogP contribution in [0.5, 0.6) is 0 Å². The lowest BCUT2D eigenvalue weighted by Gasteiger charge is -2.20. The van der Waals surface area contributed by atoms with E-state index >= 15 is 0 Å². The first-order chi connectivity index (χ1) is 8.48. The third kappa shape index (κ3) is 1.42. The monoisotopic (exact) mass is 252 g/mol. The van der Waals surface area contributed by atoms with Crippen LogP contribution >= 0.6 is 0 Å². The second kappa shape index (κ2) is 3.55. The van der Waals surface area contributed by atoms with Crippen molar-refractivity contribution in [3.8, 4) is 0 Å². The van der Waals surface area contributed by atoms with Gasteiger partial charge in [-0.1, -0.05) is 0 Å². The van der Waals surface area contributed by atoms with E-state index in [4.69, 9.17) is 0 Å². The SMILES string of the molecule is Cc1cn([C@@H]2[C@@H](O)C[C@@]3(CO)C[C@@H]23)c(=O)[nH]c1=O. The highest BCUT2D eigenvalue weighted by molar-refractivity contribution is 5.16. The Bertz CT molecular complexity index is 605. The van der Waals surface area contributed by atoms with Crippen LogP contribution in [0.2, 0.25) is 0 Å². The molecule has 18 heavy (non-hydrogen) atoms. The van der Waals surface area contributed by atoms with Crippen molar-refractivity contribution in [3.05, 3.63) is 32.6 Å². The van der Waals surface area contributed by atoms with E-state index in [1.54, 1.807) is 6.92 Å². The zero-order valence-electron chi connectivity index (χ0n) is 10.1. The van der Waals surface area contributed by atoms with Crippen LogP contribution in [0.1, 0.15) is 24.4 Å². The lowest BCUT2D eigenvalue weighted by Crippen LogP contribution is -2.37. The van der Waals surface area contributed by atoms with Crippen molar-refractivity contribution in [1.29, 1.82) is 0 Å². The Hall–Kier alpha value is -1.40. The number of fused-ring (bicyclic) bond motifs is 1. The molecule has 2 aliphatic rings. The van der Waals surface area contributed by atoms with Gasteiger partial charge in [-0.25, -0.2) is 4.79 Å². The van der Waals surface area contributed by atoms with Gasteiger partial charge in [0.25, 0.3) is 5.56 Å². The van der Waals surface area contributed by atoms with Gasteiger partial charge in [0.15, 0.2) is 0 Å². The molecule has 0 amide bonds. The van der Waals surface area contributed by atoms with Crippen molar-refractivity contribution in [2.45, 2.75) is 31.9 Å². The molecule has 6 heteroatoms. The Balaban J connectivity index is 2.04. The third-order valence-corrected chi connectivity index (χ3v) is 4.46. The zero-order chi connectivity index (χ0) is 13.1. The van der Waals surface area contributed by atoms with E-state index in [1.807, 2.05) is 0 Å². The average molecular weight is 252 g/mol. The molecule has 0 unspecified atom stereocenters. The molecule has 2 fully saturated rings. The molecule has 3 rings (SSSR count). The number of aromatic amines is 1. The van der Waals surface area contributed by atoms with Crippen LogP contribution in [0.4, 0.5) is 0 Å². The molecule has 2 aliphatic carbocycles. The van der Waals surface area contributed by atoms with Gasteiger partial charge in [-0.05, 0) is 25.7 Å². The number of aryl methyl sites for hydroxylation is 1. The van der Waals surface area contributed by atoms with Crippen LogP contribution in [0.15, 0.2) is 15.8 Å². The summed E-state index contributed by atoms with van der Waals surface area (Å²) in [5.74, 6) is 0.125. The molecule has 6 nitrogen and oxygen atoms in total. The number of rotatable bonds is 2. The number of hydrogen-bond donors (Lipinski definition) is 3. The molecule has 1 aromatic heterocycles. The van der Waals surface area contributed by atoms with Crippen LogP contribution in [-0.4, -0.2) is 32.5 Å². The van der Waals surface area contributed by atoms with Crippen LogP contribution in [-0.2, 0) is 0 Å². The fourth-order valence-electron chi connectivity index (χ4n) is 3.34. The van der Waals surface area contributed by atoms with E-state index in [0.717, 1.165) is 6.42 Å². The van der Waals surface area contributed by atoms with E-state index < -0.39 is 17.4 Å². The Labute approximate surface area is 103 Å². The lowest BCUT2D eigenvalue weighted by molar-refractivity contribution is 0.103. The predicted octanol–water partition coefficient (Wildman–Crippen LogP) is -0.851. The summed E-state index contributed by atoms with van der Waals surface area (Å²) in [6.45, 7) is 1.67. The number of aliphatic hydroxyl groups excluding tert-OH is 2. The van der Waals surface area contributed by atoms with Crippen LogP contribution < -0.4 is 11.2 Å². The van der Waals surface area contributed by atoms with Crippen molar-refractivity contribution < 1.29 is 10.2 Å². The molecular weight excluding hydrogens is 236 g/mol. The van der Waals surface area contributed by atoms with E-state index in [2.05, 4.69) is 4.98 Å². The maximum atomic E-state index is 11.8. The first kappa shape index (κ1) is 11.7. The second-order valence-corrected chi connectivity index (χ2v) is 5.57. The maximum absolute atomic E-state index is 11.8. The highest BCUT2D eigenvalue weighted by atomic mass is 16.3. The fraction of sp³-hybridized carbons (Fsp3) is 0.667. The van der Waals surface area contributed by atoms with E-state index in [0.29, 0.717) is 12.0 Å². The molecule has 0 bridgehead atoms. The summed E-state index contributed by atoms with van der Waals surface area (Å²) >= 11 is 0. The molecular formula is C12H16N2O4. The molecule has 1 aromatic rings. The number of nitrogens with zero attached hydrogens (tertiary/aromatic N) is 1. The van der Waals surface area contributed by atoms with E-state index in [-0.39, 0.29) is 24.0 Å². The highest BCUT2D eigenvalue weighted by Gasteiger charge is 2.65. The maximum Gasteiger partial charge on any atom is 0.328 e. The number of aliphatic hydroxyl groups is 2. The molecule has 3 N–H and O–H groups in total. The van der Waals surface area contributed by atoms with Crippen molar-refractivity contribution in [2.75, 3.05) is 6.61 Å². The van der Waals surface area contributed by atoms with E-state index in [1.165, 1.54) is 10.8 Å². The van der Waals surface area contributed by atoms with Gasteiger partial charge in [-0.3, -0.25) is 14.3 Å². The summed E-state index contributed by atoms with van der Waals surface area (Å²) in [4.78, 5) is 25.4. The fourth-order valence-corrected chi connectivity index (χ4v) is 3.34. The van der Waals surface area contributed by atoms with Gasteiger partial charge in [-0.15, -0.1) is 0 Å². The number of nitrogens with one attached hydrogen (secondary N) is 1. The van der Waals surface area contributed by atoms with Gasteiger partial charge < -0.3 is 10.2 Å². The smallest absolute Gasteiger partial charge is 0.328 e. The Morgan fingerprint density at radius 3 is 2.83 bits per heavy atom. The molecule has 1 heterocycles. The standard InChI is InChI=1S/C12H16N2O4/c1-6-4-14(11(18)13-10(6)17)9-7-2-12(7,5-15)3-8(9)16/h4,7-9,15-16H,2-3,5H2,1H3,(H,13,17,18)/t7-,8-,9-,12+/m0/s1. The molecule has 4 atom stereocenters. The van der Waals surface area contributed by atoms with Crippen molar-refractivity contribution in [1.82, 2.24) is 9.55 Å². The summed E-state index contributed by atoms with van der Waals surface area (Å²) in [6, 6.07) is -0.333. The van der Waals surface area contributed by atoms with Gasteiger partial charge >= 0.3 is 5.69 Å². The quantitative estimate of drug-likeness (QED) is 0.639. The van der Waals surface area contributed by atoms with E-state index in [9.17, 15) is 19.8 Å². The Morgan fingerprint density at radius 2 is 2.22 bits per heavy atom. The molecule has 0 aliphatic heterocycles. The van der Waals surface area contributed by atoms with Crippen LogP contribution in [0, 0.1) is 18.3 Å². The highest BCUT2D eigenvalue weighted by Crippen LogP contribution is 2.66. The van der Waals surface area contributed by atoms with Crippen molar-refractivity contribution >= 4 is 0 Å². The molecule has 0 saturated heterocycles. The Morgan fingerprint density at radius 1 is 1.50 bits per heavy atom. The van der Waals surface area contributed by atoms with Crippen LogP contribution in [0.25, 0.3) is 0 Å². The van der Waals surface area contributed by atoms with Crippen LogP contribution in [0.3, 0.4) is 0 Å². The zero-order valence-corrected chi connectivity index (χ0v) is 10.1. The molecule has 0 spiro atoms. The summed E-state index contributed by atoms with van der Waals surface area (Å²) in [5, 5.41) is 19.4. The summed E-state index contributed by atoms with van der Waals surface area (Å²) in [5.41, 5.74) is -0.653. The Kier molecular flexibility index (Phi) is 2.30. The minimum Gasteiger partial charge on any atom is -0.396 e. The number of hydrogen-bond acceptors (Lipinski definition) is 4. The first-order valence-electron chi connectivity index (χ1n) is 6.09. The molecule has 2 saturated carbocycles. The largest absolute Gasteiger partial charge is 0.396 e. The lowest BCUT2D eigenvalue weighted by atomic mass is 10.0. The topological polar surface area (TPSA) is 95.3 Å². The molecule has 98 valence electrons. The van der Waals surface area contributed by atoms with Crippen molar-refractivity contribution in [3.63, 3.8) is 0 Å². The van der Waals surface area contributed by atoms with Gasteiger partial charge in [-0.2, -0.15) is 0 Å². The third-order valence-electron chi connectivity index (χ3n) is 4.46. The van der Waals surface area contributed by atoms with Crippen molar-refractivity contribution in [2.24, 2.45) is 11.3 Å². The second-order valence-electron chi connectivity index (χ2n) is 5.57. The summed E-state index contributed by atoms with van der Waals surface area (Å²) in [6.07, 6.45) is 2.21. The summed E-state index contributed by atoms with van der Waals surface area (Å²) in [7, 11) is 0. The van der Waals surface area contributed by atoms with Gasteiger partial charge in [0, 0.05) is 23.8 Å². The minimum atomic E-state index is -0.640. The van der Waals surface area contributed by atoms with Gasteiger partial charge in [0.05, 0.1) is 12.1 Å². The molecule has 0 aromatic carbocycles.